The molecule has 0 spiro atoms. The van der Waals surface area contributed by atoms with Crippen LogP contribution in [-0.2, 0) is 4.79 Å². The van der Waals surface area contributed by atoms with Crippen molar-refractivity contribution >= 4 is 11.8 Å². The Hall–Kier alpha value is -1.88. The third kappa shape index (κ3) is 4.40. The highest BCUT2D eigenvalue weighted by Crippen LogP contribution is 2.33. The predicted octanol–water partition coefficient (Wildman–Crippen LogP) is 2.92. The van der Waals surface area contributed by atoms with Gasteiger partial charge in [-0.15, -0.1) is 0 Å². The number of carbonyl (C=O) groups excluding carboxylic acids is 2. The Balaban J connectivity index is 1.33. The van der Waals surface area contributed by atoms with Gasteiger partial charge >= 0.3 is 0 Å². The van der Waals surface area contributed by atoms with Crippen LogP contribution in [0.5, 0.6) is 0 Å². The van der Waals surface area contributed by atoms with Gasteiger partial charge in [0, 0.05) is 37.8 Å². The van der Waals surface area contributed by atoms with Crippen molar-refractivity contribution < 1.29 is 9.59 Å². The fraction of sp³-hybridized carbons (Fsp3) is 0.652. The van der Waals surface area contributed by atoms with E-state index < -0.39 is 5.41 Å². The molecule has 0 aromatic heterocycles. The second-order valence-corrected chi connectivity index (χ2v) is 9.18. The molecule has 2 amide bonds. The Morgan fingerprint density at radius 3 is 2.43 bits per heavy atom. The molecule has 3 aliphatic rings. The maximum Gasteiger partial charge on any atom is 0.253 e. The quantitative estimate of drug-likeness (QED) is 0.851. The topological polar surface area (TPSA) is 52.7 Å². The lowest BCUT2D eigenvalue weighted by Crippen LogP contribution is -2.55. The molecule has 2 heterocycles. The summed E-state index contributed by atoms with van der Waals surface area (Å²) in [5.41, 5.74) is 0.249. The van der Waals surface area contributed by atoms with Gasteiger partial charge in [-0.25, -0.2) is 0 Å². The van der Waals surface area contributed by atoms with Crippen LogP contribution in [-0.4, -0.2) is 60.4 Å². The maximum absolute atomic E-state index is 13.3. The smallest absolute Gasteiger partial charge is 0.253 e. The maximum atomic E-state index is 13.3. The first kappa shape index (κ1) is 19.4. The number of carbonyl (C=O) groups is 2. The minimum atomic E-state index is -0.461. The van der Waals surface area contributed by atoms with Crippen molar-refractivity contribution in [3.63, 3.8) is 0 Å². The first-order chi connectivity index (χ1) is 13.5. The van der Waals surface area contributed by atoms with Crippen molar-refractivity contribution in [1.82, 2.24) is 15.1 Å². The monoisotopic (exact) mass is 383 g/mol. The van der Waals surface area contributed by atoms with Gasteiger partial charge in [0.1, 0.15) is 0 Å². The van der Waals surface area contributed by atoms with E-state index in [0.717, 1.165) is 57.8 Å². The van der Waals surface area contributed by atoms with Crippen LogP contribution in [0, 0.1) is 11.3 Å². The number of rotatable bonds is 5. The van der Waals surface area contributed by atoms with Crippen molar-refractivity contribution in [2.45, 2.75) is 51.5 Å². The molecule has 3 fully saturated rings. The molecule has 2 saturated heterocycles. The normalized spacial score (nSPS) is 26.3. The summed E-state index contributed by atoms with van der Waals surface area (Å²) in [5.74, 6) is 1.18. The van der Waals surface area contributed by atoms with Crippen molar-refractivity contribution in [1.29, 1.82) is 0 Å². The van der Waals surface area contributed by atoms with Gasteiger partial charge in [-0.2, -0.15) is 0 Å². The highest BCUT2D eigenvalue weighted by molar-refractivity contribution is 5.95. The van der Waals surface area contributed by atoms with Gasteiger partial charge in [-0.05, 0) is 70.0 Å². The van der Waals surface area contributed by atoms with Gasteiger partial charge in [0.25, 0.3) is 5.91 Å². The summed E-state index contributed by atoms with van der Waals surface area (Å²) in [6.45, 7) is 6.14. The number of nitrogens with zero attached hydrogens (tertiary/aromatic N) is 2. The van der Waals surface area contributed by atoms with Gasteiger partial charge in [-0.1, -0.05) is 18.2 Å². The Bertz CT molecular complexity index is 695. The summed E-state index contributed by atoms with van der Waals surface area (Å²) < 4.78 is 0. The average Bonchev–Trinajstić information content (AvgIpc) is 3.57. The van der Waals surface area contributed by atoms with E-state index in [1.807, 2.05) is 40.1 Å². The SMILES string of the molecule is CC1(C(=O)N2CCC(NCC3CC3)CC2)CCCN(C(=O)c2ccccc2)C1. The molecule has 0 bridgehead atoms. The molecule has 1 aromatic rings. The van der Waals surface area contributed by atoms with Gasteiger partial charge < -0.3 is 15.1 Å². The van der Waals surface area contributed by atoms with Crippen LogP contribution in [0.15, 0.2) is 30.3 Å². The first-order valence-electron chi connectivity index (χ1n) is 10.9. The van der Waals surface area contributed by atoms with Crippen LogP contribution >= 0.6 is 0 Å². The standard InChI is InChI=1S/C23H33N3O2/c1-23(12-5-13-26(17-23)21(27)19-6-3-2-4-7-19)22(28)25-14-10-20(11-15-25)24-16-18-8-9-18/h2-4,6-7,18,20,24H,5,8-17H2,1H3. The Morgan fingerprint density at radius 2 is 1.75 bits per heavy atom. The molecule has 1 unspecified atom stereocenters. The van der Waals surface area contributed by atoms with Crippen LogP contribution in [0.2, 0.25) is 0 Å². The zero-order valence-electron chi connectivity index (χ0n) is 17.0. The summed E-state index contributed by atoms with van der Waals surface area (Å²) in [5, 5.41) is 3.68. The molecular weight excluding hydrogens is 350 g/mol. The van der Waals surface area contributed by atoms with Crippen LogP contribution in [0.4, 0.5) is 0 Å². The van der Waals surface area contributed by atoms with Gasteiger partial charge in [0.2, 0.25) is 5.91 Å². The average molecular weight is 384 g/mol. The number of amides is 2. The fourth-order valence-corrected chi connectivity index (χ4v) is 4.67. The van der Waals surface area contributed by atoms with E-state index in [0.29, 0.717) is 18.2 Å². The Labute approximate surface area is 168 Å². The molecular formula is C23H33N3O2. The number of hydrogen-bond donors (Lipinski definition) is 1. The van der Waals surface area contributed by atoms with Gasteiger partial charge in [0.05, 0.1) is 5.41 Å². The molecule has 152 valence electrons. The Morgan fingerprint density at radius 1 is 1.04 bits per heavy atom. The van der Waals surface area contributed by atoms with Crippen LogP contribution in [0.1, 0.15) is 55.8 Å². The molecule has 28 heavy (non-hydrogen) atoms. The fourth-order valence-electron chi connectivity index (χ4n) is 4.67. The zero-order valence-corrected chi connectivity index (χ0v) is 17.0. The van der Waals surface area contributed by atoms with E-state index in [2.05, 4.69) is 12.2 Å². The van der Waals surface area contributed by atoms with E-state index in [1.165, 1.54) is 12.8 Å². The predicted molar refractivity (Wildman–Crippen MR) is 110 cm³/mol. The van der Waals surface area contributed by atoms with E-state index in [9.17, 15) is 9.59 Å². The van der Waals surface area contributed by atoms with Crippen LogP contribution in [0.25, 0.3) is 0 Å². The zero-order chi connectivity index (χ0) is 19.6. The van der Waals surface area contributed by atoms with Gasteiger partial charge in [-0.3, -0.25) is 9.59 Å². The number of likely N-dealkylation sites (tertiary alicyclic amines) is 2. The van der Waals surface area contributed by atoms with Crippen molar-refractivity contribution in [3.05, 3.63) is 35.9 Å². The second-order valence-electron chi connectivity index (χ2n) is 9.18. The number of piperidine rings is 2. The molecule has 0 radical (unpaired) electrons. The molecule has 2 aliphatic heterocycles. The summed E-state index contributed by atoms with van der Waals surface area (Å²) in [7, 11) is 0. The van der Waals surface area contributed by atoms with Crippen molar-refractivity contribution in [2.75, 3.05) is 32.7 Å². The van der Waals surface area contributed by atoms with Crippen LogP contribution < -0.4 is 5.32 Å². The number of hydrogen-bond acceptors (Lipinski definition) is 3. The summed E-state index contributed by atoms with van der Waals surface area (Å²) in [6.07, 6.45) is 6.59. The third-order valence-corrected chi connectivity index (χ3v) is 6.69. The molecule has 5 heteroatoms. The van der Waals surface area contributed by atoms with Crippen molar-refractivity contribution in [2.24, 2.45) is 11.3 Å². The Kier molecular flexibility index (Phi) is 5.72. The molecule has 1 aromatic carbocycles. The minimum Gasteiger partial charge on any atom is -0.342 e. The number of benzene rings is 1. The highest BCUT2D eigenvalue weighted by Gasteiger charge is 2.42. The first-order valence-corrected chi connectivity index (χ1v) is 10.9. The lowest BCUT2D eigenvalue weighted by molar-refractivity contribution is -0.145. The van der Waals surface area contributed by atoms with E-state index in [-0.39, 0.29) is 11.8 Å². The molecule has 5 nitrogen and oxygen atoms in total. The molecule has 1 N–H and O–H groups in total. The molecule has 1 aliphatic carbocycles. The van der Waals surface area contributed by atoms with Gasteiger partial charge in [0.15, 0.2) is 0 Å². The van der Waals surface area contributed by atoms with Crippen LogP contribution in [0.3, 0.4) is 0 Å². The second kappa shape index (κ2) is 8.24. The molecule has 1 saturated carbocycles. The number of nitrogens with one attached hydrogen (secondary N) is 1. The van der Waals surface area contributed by atoms with Crippen molar-refractivity contribution in [3.8, 4) is 0 Å². The lowest BCUT2D eigenvalue weighted by atomic mass is 9.79. The largest absolute Gasteiger partial charge is 0.342 e. The highest BCUT2D eigenvalue weighted by atomic mass is 16.2. The molecule has 1 atom stereocenters. The third-order valence-electron chi connectivity index (χ3n) is 6.69. The van der Waals surface area contributed by atoms with E-state index >= 15 is 0 Å². The van der Waals surface area contributed by atoms with E-state index in [1.54, 1.807) is 0 Å². The lowest BCUT2D eigenvalue weighted by Gasteiger charge is -2.43. The molecule has 4 rings (SSSR count). The van der Waals surface area contributed by atoms with E-state index in [4.69, 9.17) is 0 Å². The summed E-state index contributed by atoms with van der Waals surface area (Å²) in [4.78, 5) is 30.1. The summed E-state index contributed by atoms with van der Waals surface area (Å²) >= 11 is 0. The summed E-state index contributed by atoms with van der Waals surface area (Å²) in [6, 6.07) is 9.97. The minimum absolute atomic E-state index is 0.0438.